The SMILES string of the molecule is CCc1ccc(-n2nc(C)c3c(C)cc(OCc4ccccc4)nc32)cc1. The summed E-state index contributed by atoms with van der Waals surface area (Å²) in [5.41, 5.74) is 6.37. The van der Waals surface area contributed by atoms with Gasteiger partial charge >= 0.3 is 0 Å². The summed E-state index contributed by atoms with van der Waals surface area (Å²) in [6, 6.07) is 20.6. The van der Waals surface area contributed by atoms with E-state index in [0.717, 1.165) is 40.0 Å². The van der Waals surface area contributed by atoms with Crippen LogP contribution in [0.4, 0.5) is 0 Å². The average molecular weight is 357 g/mol. The number of rotatable bonds is 5. The number of pyridine rings is 1. The van der Waals surface area contributed by atoms with Crippen LogP contribution in [0, 0.1) is 13.8 Å². The van der Waals surface area contributed by atoms with Crippen LogP contribution in [0.2, 0.25) is 0 Å². The molecule has 2 aromatic carbocycles. The molecule has 0 bridgehead atoms. The molecule has 2 aromatic heterocycles. The van der Waals surface area contributed by atoms with Gasteiger partial charge < -0.3 is 4.74 Å². The highest BCUT2D eigenvalue weighted by atomic mass is 16.5. The van der Waals surface area contributed by atoms with Crippen molar-refractivity contribution in [1.82, 2.24) is 14.8 Å². The Balaban J connectivity index is 1.73. The van der Waals surface area contributed by atoms with E-state index in [9.17, 15) is 0 Å². The highest BCUT2D eigenvalue weighted by molar-refractivity contribution is 5.83. The first-order valence-corrected chi connectivity index (χ1v) is 9.28. The Morgan fingerprint density at radius 2 is 1.67 bits per heavy atom. The predicted octanol–water partition coefficient (Wildman–Crippen LogP) is 5.18. The van der Waals surface area contributed by atoms with Crippen molar-refractivity contribution >= 4 is 11.0 Å². The largest absolute Gasteiger partial charge is 0.473 e. The van der Waals surface area contributed by atoms with E-state index in [4.69, 9.17) is 14.8 Å². The zero-order valence-corrected chi connectivity index (χ0v) is 15.9. The van der Waals surface area contributed by atoms with Gasteiger partial charge in [0, 0.05) is 11.5 Å². The number of aryl methyl sites for hydroxylation is 3. The third-order valence-corrected chi connectivity index (χ3v) is 4.81. The van der Waals surface area contributed by atoms with E-state index in [1.807, 2.05) is 35.9 Å². The summed E-state index contributed by atoms with van der Waals surface area (Å²) >= 11 is 0. The van der Waals surface area contributed by atoms with Gasteiger partial charge in [0.1, 0.15) is 6.61 Å². The van der Waals surface area contributed by atoms with Gasteiger partial charge in [0.25, 0.3) is 0 Å². The smallest absolute Gasteiger partial charge is 0.215 e. The molecule has 0 saturated heterocycles. The van der Waals surface area contributed by atoms with Crippen LogP contribution in [0.25, 0.3) is 16.7 Å². The van der Waals surface area contributed by atoms with Gasteiger partial charge in [-0.3, -0.25) is 0 Å². The van der Waals surface area contributed by atoms with Crippen molar-refractivity contribution in [1.29, 1.82) is 0 Å². The standard InChI is InChI=1S/C23H23N3O/c1-4-18-10-12-20(13-11-18)26-23-22(17(3)25-26)16(2)14-21(24-23)27-15-19-8-6-5-7-9-19/h5-14H,4,15H2,1-3H3. The summed E-state index contributed by atoms with van der Waals surface area (Å²) in [7, 11) is 0. The first-order valence-electron chi connectivity index (χ1n) is 9.28. The van der Waals surface area contributed by atoms with Crippen LogP contribution in [0.3, 0.4) is 0 Å². The number of hydrogen-bond donors (Lipinski definition) is 0. The zero-order valence-electron chi connectivity index (χ0n) is 15.9. The molecular weight excluding hydrogens is 334 g/mol. The van der Waals surface area contributed by atoms with E-state index in [1.165, 1.54) is 5.56 Å². The molecule has 0 atom stereocenters. The lowest BCUT2D eigenvalue weighted by atomic mass is 10.1. The molecule has 0 amide bonds. The molecule has 0 saturated carbocycles. The summed E-state index contributed by atoms with van der Waals surface area (Å²) in [5.74, 6) is 0.621. The third kappa shape index (κ3) is 3.43. The summed E-state index contributed by atoms with van der Waals surface area (Å²) in [6.07, 6.45) is 1.02. The van der Waals surface area contributed by atoms with Crippen LogP contribution in [0.15, 0.2) is 60.7 Å². The van der Waals surface area contributed by atoms with E-state index >= 15 is 0 Å². The Hall–Kier alpha value is -3.14. The molecule has 0 radical (unpaired) electrons. The maximum Gasteiger partial charge on any atom is 0.215 e. The molecule has 0 spiro atoms. The molecule has 0 aliphatic heterocycles. The van der Waals surface area contributed by atoms with Crippen LogP contribution in [-0.4, -0.2) is 14.8 Å². The minimum absolute atomic E-state index is 0.497. The van der Waals surface area contributed by atoms with Gasteiger partial charge in [0.2, 0.25) is 5.88 Å². The lowest BCUT2D eigenvalue weighted by Gasteiger charge is -2.09. The zero-order chi connectivity index (χ0) is 18.8. The fraction of sp³-hybridized carbons (Fsp3) is 0.217. The Kier molecular flexibility index (Phi) is 4.63. The third-order valence-electron chi connectivity index (χ3n) is 4.81. The number of fused-ring (bicyclic) bond motifs is 1. The highest BCUT2D eigenvalue weighted by Crippen LogP contribution is 2.27. The molecule has 0 unspecified atom stereocenters. The van der Waals surface area contributed by atoms with Gasteiger partial charge in [-0.05, 0) is 49.1 Å². The van der Waals surface area contributed by atoms with Crippen LogP contribution in [0.5, 0.6) is 5.88 Å². The summed E-state index contributed by atoms with van der Waals surface area (Å²) in [4.78, 5) is 4.77. The van der Waals surface area contributed by atoms with E-state index in [2.05, 4.69) is 50.2 Å². The predicted molar refractivity (Wildman–Crippen MR) is 108 cm³/mol. The van der Waals surface area contributed by atoms with Crippen molar-refractivity contribution in [3.05, 3.63) is 83.0 Å². The van der Waals surface area contributed by atoms with Gasteiger partial charge in [-0.15, -0.1) is 0 Å². The lowest BCUT2D eigenvalue weighted by Crippen LogP contribution is -2.01. The minimum Gasteiger partial charge on any atom is -0.473 e. The number of nitrogens with zero attached hydrogens (tertiary/aromatic N) is 3. The van der Waals surface area contributed by atoms with Gasteiger partial charge in [0.05, 0.1) is 11.4 Å². The number of hydrogen-bond acceptors (Lipinski definition) is 3. The van der Waals surface area contributed by atoms with E-state index in [1.54, 1.807) is 0 Å². The fourth-order valence-electron chi connectivity index (χ4n) is 3.33. The van der Waals surface area contributed by atoms with Gasteiger partial charge in [-0.2, -0.15) is 10.1 Å². The Morgan fingerprint density at radius 1 is 0.926 bits per heavy atom. The number of aromatic nitrogens is 3. The summed E-state index contributed by atoms with van der Waals surface area (Å²) < 4.78 is 7.87. The molecule has 0 fully saturated rings. The molecule has 0 aliphatic rings. The van der Waals surface area contributed by atoms with Crippen molar-refractivity contribution < 1.29 is 4.74 Å². The first-order chi connectivity index (χ1) is 13.2. The van der Waals surface area contributed by atoms with Crippen molar-refractivity contribution in [3.8, 4) is 11.6 Å². The monoisotopic (exact) mass is 357 g/mol. The summed E-state index contributed by atoms with van der Waals surface area (Å²) in [5, 5.41) is 5.82. The molecule has 4 aromatic rings. The van der Waals surface area contributed by atoms with Crippen molar-refractivity contribution in [2.45, 2.75) is 33.8 Å². The molecular formula is C23H23N3O. The van der Waals surface area contributed by atoms with Crippen LogP contribution in [-0.2, 0) is 13.0 Å². The Bertz CT molecular complexity index is 1070. The molecule has 27 heavy (non-hydrogen) atoms. The maximum absolute atomic E-state index is 5.97. The van der Waals surface area contributed by atoms with Gasteiger partial charge in [-0.25, -0.2) is 4.68 Å². The second kappa shape index (κ2) is 7.23. The normalized spacial score (nSPS) is 11.1. The molecule has 0 aliphatic carbocycles. The highest BCUT2D eigenvalue weighted by Gasteiger charge is 2.15. The quantitative estimate of drug-likeness (QED) is 0.494. The molecule has 4 heteroatoms. The molecule has 0 N–H and O–H groups in total. The number of benzene rings is 2. The van der Waals surface area contributed by atoms with E-state index in [0.29, 0.717) is 12.5 Å². The van der Waals surface area contributed by atoms with Gasteiger partial charge in [0.15, 0.2) is 5.65 Å². The average Bonchev–Trinajstić information content (AvgIpc) is 3.04. The summed E-state index contributed by atoms with van der Waals surface area (Å²) in [6.45, 7) is 6.76. The van der Waals surface area contributed by atoms with E-state index < -0.39 is 0 Å². The molecule has 136 valence electrons. The van der Waals surface area contributed by atoms with Crippen LogP contribution < -0.4 is 4.74 Å². The first kappa shape index (κ1) is 17.3. The molecule has 4 nitrogen and oxygen atoms in total. The Labute approximate surface area is 159 Å². The molecule has 4 rings (SSSR count). The topological polar surface area (TPSA) is 39.9 Å². The second-order valence-corrected chi connectivity index (χ2v) is 6.77. The minimum atomic E-state index is 0.497. The maximum atomic E-state index is 5.97. The molecule has 2 heterocycles. The van der Waals surface area contributed by atoms with Crippen molar-refractivity contribution in [2.75, 3.05) is 0 Å². The fourth-order valence-corrected chi connectivity index (χ4v) is 3.33. The van der Waals surface area contributed by atoms with Crippen LogP contribution in [0.1, 0.15) is 29.3 Å². The number of ether oxygens (including phenoxy) is 1. The lowest BCUT2D eigenvalue weighted by molar-refractivity contribution is 0.294. The van der Waals surface area contributed by atoms with Crippen molar-refractivity contribution in [3.63, 3.8) is 0 Å². The van der Waals surface area contributed by atoms with Crippen LogP contribution >= 0.6 is 0 Å². The van der Waals surface area contributed by atoms with E-state index in [-0.39, 0.29) is 0 Å². The Morgan fingerprint density at radius 3 is 2.37 bits per heavy atom. The van der Waals surface area contributed by atoms with Crippen molar-refractivity contribution in [2.24, 2.45) is 0 Å². The van der Waals surface area contributed by atoms with Gasteiger partial charge in [-0.1, -0.05) is 49.4 Å². The second-order valence-electron chi connectivity index (χ2n) is 6.77.